The van der Waals surface area contributed by atoms with Crippen molar-refractivity contribution in [3.8, 4) is 0 Å². The van der Waals surface area contributed by atoms with Gasteiger partial charge in [0.15, 0.2) is 0 Å². The summed E-state index contributed by atoms with van der Waals surface area (Å²) in [6, 6.07) is 0.405. The molecule has 1 saturated carbocycles. The van der Waals surface area contributed by atoms with E-state index in [1.54, 1.807) is 0 Å². The van der Waals surface area contributed by atoms with Crippen LogP contribution in [-0.2, 0) is 4.79 Å². The van der Waals surface area contributed by atoms with E-state index in [1.165, 1.54) is 12.8 Å². The summed E-state index contributed by atoms with van der Waals surface area (Å²) in [6.45, 7) is 3.50. The van der Waals surface area contributed by atoms with Crippen molar-refractivity contribution in [1.82, 2.24) is 15.1 Å². The summed E-state index contributed by atoms with van der Waals surface area (Å²) in [5, 5.41) is 11.7. The van der Waals surface area contributed by atoms with Gasteiger partial charge in [0.05, 0.1) is 6.42 Å². The van der Waals surface area contributed by atoms with Crippen LogP contribution in [0.15, 0.2) is 0 Å². The second-order valence-electron chi connectivity index (χ2n) is 5.40. The summed E-state index contributed by atoms with van der Waals surface area (Å²) >= 11 is 0. The van der Waals surface area contributed by atoms with Crippen molar-refractivity contribution in [3.63, 3.8) is 0 Å². The molecule has 2 rings (SSSR count). The molecule has 1 saturated heterocycles. The van der Waals surface area contributed by atoms with Crippen molar-refractivity contribution in [2.24, 2.45) is 0 Å². The molecule has 2 amide bonds. The van der Waals surface area contributed by atoms with Crippen LogP contribution in [0.25, 0.3) is 0 Å². The van der Waals surface area contributed by atoms with E-state index in [-0.39, 0.29) is 24.9 Å². The molecule has 1 heterocycles. The van der Waals surface area contributed by atoms with Crippen molar-refractivity contribution in [2.75, 3.05) is 32.7 Å². The number of carboxylic acids is 1. The van der Waals surface area contributed by atoms with Crippen molar-refractivity contribution >= 4 is 24.4 Å². The van der Waals surface area contributed by atoms with Crippen LogP contribution < -0.4 is 5.32 Å². The summed E-state index contributed by atoms with van der Waals surface area (Å²) in [6.07, 6.45) is 4.81. The van der Waals surface area contributed by atoms with Crippen molar-refractivity contribution < 1.29 is 14.7 Å². The highest BCUT2D eigenvalue weighted by molar-refractivity contribution is 5.85. The molecular formula is C13H24ClN3O3. The summed E-state index contributed by atoms with van der Waals surface area (Å²) in [5.74, 6) is -0.763. The first kappa shape index (κ1) is 17.0. The molecule has 0 radical (unpaired) electrons. The minimum absolute atomic E-state index is 0. The zero-order chi connectivity index (χ0) is 13.7. The first-order chi connectivity index (χ1) is 9.15. The average molecular weight is 306 g/mol. The Bertz CT molecular complexity index is 327. The van der Waals surface area contributed by atoms with Gasteiger partial charge in [0.25, 0.3) is 0 Å². The maximum absolute atomic E-state index is 12.0. The van der Waals surface area contributed by atoms with E-state index in [4.69, 9.17) is 5.11 Å². The summed E-state index contributed by atoms with van der Waals surface area (Å²) in [5.41, 5.74) is 0. The number of carboxylic acid groups (broad SMARTS) is 1. The van der Waals surface area contributed by atoms with E-state index in [9.17, 15) is 9.59 Å². The molecule has 0 aromatic rings. The lowest BCUT2D eigenvalue weighted by Crippen LogP contribution is -2.53. The number of halogens is 1. The monoisotopic (exact) mass is 305 g/mol. The van der Waals surface area contributed by atoms with E-state index in [0.717, 1.165) is 25.9 Å². The fourth-order valence-corrected chi connectivity index (χ4v) is 2.76. The third-order valence-electron chi connectivity index (χ3n) is 3.98. The largest absolute Gasteiger partial charge is 0.481 e. The number of nitrogens with zero attached hydrogens (tertiary/aromatic N) is 2. The van der Waals surface area contributed by atoms with Crippen molar-refractivity contribution in [1.29, 1.82) is 0 Å². The van der Waals surface area contributed by atoms with Gasteiger partial charge in [-0.1, -0.05) is 12.8 Å². The van der Waals surface area contributed by atoms with E-state index in [1.807, 2.05) is 4.90 Å². The molecule has 2 aliphatic rings. The Morgan fingerprint density at radius 1 is 1.10 bits per heavy atom. The summed E-state index contributed by atoms with van der Waals surface area (Å²) in [7, 11) is 0. The predicted molar refractivity (Wildman–Crippen MR) is 78.3 cm³/mol. The second kappa shape index (κ2) is 8.32. The van der Waals surface area contributed by atoms with Gasteiger partial charge in [-0.2, -0.15) is 0 Å². The zero-order valence-electron chi connectivity index (χ0n) is 11.7. The SMILES string of the molecule is Cl.O=C(O)CCN1CCN(C(=O)NC2CCCC2)CC1. The lowest BCUT2D eigenvalue weighted by atomic mass is 10.2. The first-order valence-electron chi connectivity index (χ1n) is 7.15. The molecule has 1 aliphatic carbocycles. The standard InChI is InChI=1S/C13H23N3O3.ClH/c17-12(18)5-6-15-7-9-16(10-8-15)13(19)14-11-3-1-2-4-11;/h11H,1-10H2,(H,14,19)(H,17,18);1H. The van der Waals surface area contributed by atoms with Crippen molar-refractivity contribution in [3.05, 3.63) is 0 Å². The highest BCUT2D eigenvalue weighted by Crippen LogP contribution is 2.18. The number of amides is 2. The van der Waals surface area contributed by atoms with Crippen LogP contribution in [-0.4, -0.2) is 65.7 Å². The van der Waals surface area contributed by atoms with Gasteiger partial charge in [0.2, 0.25) is 0 Å². The van der Waals surface area contributed by atoms with Crippen LogP contribution in [0, 0.1) is 0 Å². The average Bonchev–Trinajstić information content (AvgIpc) is 2.89. The number of hydrogen-bond acceptors (Lipinski definition) is 3. The van der Waals surface area contributed by atoms with Crippen molar-refractivity contribution in [2.45, 2.75) is 38.1 Å². The van der Waals surface area contributed by atoms with Crippen LogP contribution in [0.5, 0.6) is 0 Å². The number of piperazine rings is 1. The lowest BCUT2D eigenvalue weighted by Gasteiger charge is -2.35. The molecule has 0 spiro atoms. The van der Waals surface area contributed by atoms with E-state index < -0.39 is 5.97 Å². The van der Waals surface area contributed by atoms with E-state index in [0.29, 0.717) is 25.7 Å². The Labute approximate surface area is 125 Å². The highest BCUT2D eigenvalue weighted by atomic mass is 35.5. The molecule has 2 fully saturated rings. The van der Waals surface area contributed by atoms with Gasteiger partial charge in [0.1, 0.15) is 0 Å². The number of nitrogens with one attached hydrogen (secondary N) is 1. The molecule has 116 valence electrons. The fourth-order valence-electron chi connectivity index (χ4n) is 2.76. The first-order valence-corrected chi connectivity index (χ1v) is 7.15. The Morgan fingerprint density at radius 3 is 2.25 bits per heavy atom. The molecule has 0 unspecified atom stereocenters. The molecule has 6 nitrogen and oxygen atoms in total. The predicted octanol–water partition coefficient (Wildman–Crippen LogP) is 1.15. The van der Waals surface area contributed by atoms with Crippen LogP contribution in [0.3, 0.4) is 0 Å². The lowest BCUT2D eigenvalue weighted by molar-refractivity contribution is -0.137. The van der Waals surface area contributed by atoms with Gasteiger partial charge in [-0.05, 0) is 12.8 Å². The quantitative estimate of drug-likeness (QED) is 0.817. The number of rotatable bonds is 4. The second-order valence-corrected chi connectivity index (χ2v) is 5.40. The number of carbonyl (C=O) groups is 2. The number of urea groups is 1. The number of hydrogen-bond donors (Lipinski definition) is 2. The molecular weight excluding hydrogens is 282 g/mol. The van der Waals surface area contributed by atoms with Crippen LogP contribution >= 0.6 is 12.4 Å². The minimum atomic E-state index is -0.763. The Morgan fingerprint density at radius 2 is 1.70 bits per heavy atom. The Balaban J connectivity index is 0.00000200. The molecule has 0 aromatic carbocycles. The highest BCUT2D eigenvalue weighted by Gasteiger charge is 2.24. The van der Waals surface area contributed by atoms with E-state index in [2.05, 4.69) is 10.2 Å². The van der Waals surface area contributed by atoms with Gasteiger partial charge in [-0.25, -0.2) is 4.79 Å². The Hall–Kier alpha value is -1.01. The van der Waals surface area contributed by atoms with Gasteiger partial charge in [-0.3, -0.25) is 9.69 Å². The maximum Gasteiger partial charge on any atom is 0.317 e. The van der Waals surface area contributed by atoms with Gasteiger partial charge < -0.3 is 15.3 Å². The van der Waals surface area contributed by atoms with E-state index >= 15 is 0 Å². The third-order valence-corrected chi connectivity index (χ3v) is 3.98. The van der Waals surface area contributed by atoms with Gasteiger partial charge in [0, 0.05) is 38.8 Å². The number of aliphatic carboxylic acids is 1. The summed E-state index contributed by atoms with van der Waals surface area (Å²) < 4.78 is 0. The smallest absolute Gasteiger partial charge is 0.317 e. The normalized spacial score (nSPS) is 20.5. The number of carbonyl (C=O) groups excluding carboxylic acids is 1. The molecule has 1 aliphatic heterocycles. The molecule has 0 aromatic heterocycles. The van der Waals surface area contributed by atoms with Crippen LogP contribution in [0.1, 0.15) is 32.1 Å². The minimum Gasteiger partial charge on any atom is -0.481 e. The molecule has 7 heteroatoms. The molecule has 0 atom stereocenters. The zero-order valence-corrected chi connectivity index (χ0v) is 12.5. The van der Waals surface area contributed by atoms with Gasteiger partial charge >= 0.3 is 12.0 Å². The molecule has 0 bridgehead atoms. The van der Waals surface area contributed by atoms with Crippen LogP contribution in [0.2, 0.25) is 0 Å². The van der Waals surface area contributed by atoms with Gasteiger partial charge in [-0.15, -0.1) is 12.4 Å². The Kier molecular flexibility index (Phi) is 7.09. The third kappa shape index (κ3) is 5.17. The molecule has 2 N–H and O–H groups in total. The fraction of sp³-hybridized carbons (Fsp3) is 0.846. The molecule has 20 heavy (non-hydrogen) atoms. The maximum atomic E-state index is 12.0. The topological polar surface area (TPSA) is 72.9 Å². The summed E-state index contributed by atoms with van der Waals surface area (Å²) in [4.78, 5) is 26.5. The van der Waals surface area contributed by atoms with Crippen LogP contribution in [0.4, 0.5) is 4.79 Å².